The Balaban J connectivity index is 5.31. The molecule has 568 valence electrons. The third-order valence-electron chi connectivity index (χ3n) is 16.4. The van der Waals surface area contributed by atoms with E-state index in [4.69, 9.17) is 37.0 Å². The van der Waals surface area contributed by atoms with Crippen LogP contribution in [0.3, 0.4) is 0 Å². The summed E-state index contributed by atoms with van der Waals surface area (Å²) in [5.41, 5.74) is 0. The zero-order valence-corrected chi connectivity index (χ0v) is 63.7. The van der Waals surface area contributed by atoms with Crippen molar-refractivity contribution in [2.75, 3.05) is 39.6 Å². The molecule has 17 nitrogen and oxygen atoms in total. The Kier molecular flexibility index (Phi) is 68.9. The van der Waals surface area contributed by atoms with Gasteiger partial charge in [-0.1, -0.05) is 299 Å². The normalized spacial score (nSPS) is 14.4. The lowest BCUT2D eigenvalue weighted by Gasteiger charge is -2.21. The molecular weight excluding hydrogens is 1280 g/mol. The Bertz CT molecular complexity index is 2190. The first kappa shape index (κ1) is 94.2. The van der Waals surface area contributed by atoms with Crippen LogP contribution < -0.4 is 0 Å². The molecule has 0 spiro atoms. The summed E-state index contributed by atoms with van der Waals surface area (Å²) in [5, 5.41) is 10.6. The van der Waals surface area contributed by atoms with E-state index in [1.165, 1.54) is 89.9 Å². The van der Waals surface area contributed by atoms with Gasteiger partial charge in [0.05, 0.1) is 26.4 Å². The second-order valence-electron chi connectivity index (χ2n) is 25.9. The SMILES string of the molecule is CC/C=C\C/C=C\C/C=C\C/C=C\CCCCCCC(=O)OCC(COP(=O)(O)OCC(O)COP(=O)(O)OCC(COC(=O)CCCCCCCCC/C=C\C/C=C\C/C=C\CC)OC(=O)CCCCCCCCCCCCCCC)OC(=O)CCCCCCCCCCCCC. The quantitative estimate of drug-likeness (QED) is 0.0169. The van der Waals surface area contributed by atoms with Crippen molar-refractivity contribution in [3.63, 3.8) is 0 Å². The summed E-state index contributed by atoms with van der Waals surface area (Å²) < 4.78 is 68.5. The summed E-state index contributed by atoms with van der Waals surface area (Å²) in [7, 11) is -9.94. The lowest BCUT2D eigenvalue weighted by Crippen LogP contribution is -2.30. The average Bonchev–Trinajstić information content (AvgIpc) is 0.985. The van der Waals surface area contributed by atoms with Crippen molar-refractivity contribution in [2.24, 2.45) is 0 Å². The van der Waals surface area contributed by atoms with Crippen LogP contribution >= 0.6 is 15.6 Å². The van der Waals surface area contributed by atoms with E-state index in [-0.39, 0.29) is 25.7 Å². The third-order valence-corrected chi connectivity index (χ3v) is 18.3. The monoisotopic (exact) mass is 1420 g/mol. The van der Waals surface area contributed by atoms with Crippen molar-refractivity contribution >= 4 is 39.5 Å². The highest BCUT2D eigenvalue weighted by Gasteiger charge is 2.30. The van der Waals surface area contributed by atoms with Gasteiger partial charge in [0.1, 0.15) is 19.3 Å². The molecule has 5 unspecified atom stereocenters. The smallest absolute Gasteiger partial charge is 0.462 e. The fourth-order valence-corrected chi connectivity index (χ4v) is 12.1. The van der Waals surface area contributed by atoms with Crippen molar-refractivity contribution in [1.29, 1.82) is 0 Å². The summed E-state index contributed by atoms with van der Waals surface area (Å²) in [4.78, 5) is 72.8. The number of unbranched alkanes of at least 4 members (excludes halogenated alkanes) is 33. The minimum Gasteiger partial charge on any atom is -0.462 e. The second-order valence-corrected chi connectivity index (χ2v) is 28.8. The Morgan fingerprint density at radius 1 is 0.296 bits per heavy atom. The van der Waals surface area contributed by atoms with Crippen LogP contribution in [0.5, 0.6) is 0 Å². The fourth-order valence-electron chi connectivity index (χ4n) is 10.5. The lowest BCUT2D eigenvalue weighted by atomic mass is 10.0. The first-order valence-corrected chi connectivity index (χ1v) is 41.8. The molecule has 0 bridgehead atoms. The fraction of sp³-hybridized carbons (Fsp3) is 0.772. The van der Waals surface area contributed by atoms with Gasteiger partial charge in [-0.15, -0.1) is 0 Å². The highest BCUT2D eigenvalue weighted by atomic mass is 31.2. The summed E-state index contributed by atoms with van der Waals surface area (Å²) in [5.74, 6) is -2.19. The molecule has 0 aliphatic rings. The van der Waals surface area contributed by atoms with E-state index >= 15 is 0 Å². The molecule has 0 heterocycles. The number of carbonyl (C=O) groups is 4. The van der Waals surface area contributed by atoms with Crippen LogP contribution in [0.2, 0.25) is 0 Å². The number of phosphoric acid groups is 2. The first-order valence-electron chi connectivity index (χ1n) is 38.8. The van der Waals surface area contributed by atoms with Crippen LogP contribution in [0.4, 0.5) is 0 Å². The molecule has 0 aliphatic carbocycles. The summed E-state index contributed by atoms with van der Waals surface area (Å²) in [6, 6.07) is 0. The van der Waals surface area contributed by atoms with Crippen molar-refractivity contribution in [3.8, 4) is 0 Å². The molecule has 3 N–H and O–H groups in total. The van der Waals surface area contributed by atoms with Gasteiger partial charge in [-0.25, -0.2) is 9.13 Å². The number of carbonyl (C=O) groups excluding carboxylic acids is 4. The van der Waals surface area contributed by atoms with E-state index in [1.807, 2.05) is 0 Å². The molecule has 0 aromatic rings. The third kappa shape index (κ3) is 70.7. The molecule has 0 aromatic heterocycles. The average molecular weight is 1420 g/mol. The van der Waals surface area contributed by atoms with Gasteiger partial charge in [0, 0.05) is 25.7 Å². The van der Waals surface area contributed by atoms with Crippen molar-refractivity contribution in [2.45, 2.75) is 354 Å². The van der Waals surface area contributed by atoms with Gasteiger partial charge < -0.3 is 33.8 Å². The van der Waals surface area contributed by atoms with Crippen molar-refractivity contribution < 1.29 is 80.2 Å². The molecule has 98 heavy (non-hydrogen) atoms. The van der Waals surface area contributed by atoms with E-state index < -0.39 is 97.5 Å². The molecule has 0 rings (SSSR count). The topological polar surface area (TPSA) is 237 Å². The van der Waals surface area contributed by atoms with Gasteiger partial charge in [0.2, 0.25) is 0 Å². The van der Waals surface area contributed by atoms with Crippen LogP contribution in [-0.4, -0.2) is 96.7 Å². The minimum atomic E-state index is -4.97. The van der Waals surface area contributed by atoms with Gasteiger partial charge >= 0.3 is 39.5 Å². The van der Waals surface area contributed by atoms with Gasteiger partial charge in [-0.05, 0) is 96.3 Å². The summed E-state index contributed by atoms with van der Waals surface area (Å²) in [6.07, 6.45) is 72.8. The zero-order chi connectivity index (χ0) is 71.8. The minimum absolute atomic E-state index is 0.0931. The molecule has 0 saturated carbocycles. The van der Waals surface area contributed by atoms with Gasteiger partial charge in [0.25, 0.3) is 0 Å². The maximum Gasteiger partial charge on any atom is 0.472 e. The van der Waals surface area contributed by atoms with Crippen LogP contribution in [0.25, 0.3) is 0 Å². The van der Waals surface area contributed by atoms with Crippen LogP contribution in [0.1, 0.15) is 336 Å². The number of esters is 4. The van der Waals surface area contributed by atoms with Gasteiger partial charge in [0.15, 0.2) is 12.2 Å². The Labute approximate surface area is 595 Å². The Morgan fingerprint density at radius 3 is 0.816 bits per heavy atom. The molecule has 5 atom stereocenters. The van der Waals surface area contributed by atoms with Crippen LogP contribution in [0.15, 0.2) is 85.1 Å². The number of hydrogen-bond acceptors (Lipinski definition) is 15. The van der Waals surface area contributed by atoms with E-state index in [0.717, 1.165) is 167 Å². The molecule has 0 fully saturated rings. The predicted molar refractivity (Wildman–Crippen MR) is 399 cm³/mol. The zero-order valence-electron chi connectivity index (χ0n) is 62.0. The van der Waals surface area contributed by atoms with Gasteiger partial charge in [-0.3, -0.25) is 37.3 Å². The summed E-state index contributed by atoms with van der Waals surface area (Å²) in [6.45, 7) is 4.65. The van der Waals surface area contributed by atoms with Crippen LogP contribution in [-0.2, 0) is 65.4 Å². The van der Waals surface area contributed by atoms with Crippen LogP contribution in [0, 0.1) is 0 Å². The van der Waals surface area contributed by atoms with E-state index in [1.54, 1.807) is 0 Å². The van der Waals surface area contributed by atoms with E-state index in [2.05, 4.69) is 113 Å². The molecule has 0 amide bonds. The van der Waals surface area contributed by atoms with E-state index in [0.29, 0.717) is 25.7 Å². The molecule has 0 aromatic carbocycles. The number of phosphoric ester groups is 2. The number of aliphatic hydroxyl groups is 1. The van der Waals surface area contributed by atoms with E-state index in [9.17, 15) is 43.2 Å². The number of hydrogen-bond donors (Lipinski definition) is 3. The Hall–Kier alpha value is -3.76. The largest absolute Gasteiger partial charge is 0.472 e. The molecule has 0 radical (unpaired) electrons. The number of allylic oxidation sites excluding steroid dienone is 14. The maximum atomic E-state index is 13.1. The first-order chi connectivity index (χ1) is 47.7. The highest BCUT2D eigenvalue weighted by Crippen LogP contribution is 2.45. The lowest BCUT2D eigenvalue weighted by molar-refractivity contribution is -0.161. The predicted octanol–water partition coefficient (Wildman–Crippen LogP) is 22.2. The standard InChI is InChI=1S/C79H140O17P2/c1-5-9-13-17-21-25-29-32-34-36-38-41-44-47-51-55-59-63-76(81)89-69-74(95-78(83)65-61-57-53-49-43-28-24-20-16-12-8-4)71-93-97(85,86)91-67-73(80)68-92-98(87,88)94-72-75(96-79(84)66-62-58-54-50-46-40-31-27-23-19-15-11-7-3)70-90-77(82)64-60-56-52-48-45-42-39-37-35-33-30-26-22-18-14-10-6-2/h9-10,13-14,21-22,25-26,32-35,38,41,73-75,80H,5-8,11-12,15-20,23-24,27-31,36-37,39-40,42-72H2,1-4H3,(H,85,86)(H,87,88)/b13-9-,14-10-,25-21-,26-22-,34-32-,35-33-,41-38-. The number of ether oxygens (including phenoxy) is 4. The number of aliphatic hydroxyl groups excluding tert-OH is 1. The van der Waals surface area contributed by atoms with Crippen molar-refractivity contribution in [3.05, 3.63) is 85.1 Å². The molecule has 0 saturated heterocycles. The van der Waals surface area contributed by atoms with Gasteiger partial charge in [-0.2, -0.15) is 0 Å². The van der Waals surface area contributed by atoms with Crippen molar-refractivity contribution in [1.82, 2.24) is 0 Å². The Morgan fingerprint density at radius 2 is 0.531 bits per heavy atom. The molecule has 0 aliphatic heterocycles. The number of rotatable bonds is 73. The molecular formula is C79H140O17P2. The second kappa shape index (κ2) is 71.6. The maximum absolute atomic E-state index is 13.1. The summed E-state index contributed by atoms with van der Waals surface area (Å²) >= 11 is 0. The highest BCUT2D eigenvalue weighted by molar-refractivity contribution is 7.47. The molecule has 19 heteroatoms.